The first kappa shape index (κ1) is 32.2. The summed E-state index contributed by atoms with van der Waals surface area (Å²) in [7, 11) is 0. The number of carboxylic acids is 1. The number of thiazole rings is 1. The maximum atomic E-state index is 13.1. The third-order valence-corrected chi connectivity index (χ3v) is 7.95. The second-order valence-electron chi connectivity index (χ2n) is 10.8. The van der Waals surface area contributed by atoms with Crippen LogP contribution in [0.5, 0.6) is 5.75 Å². The van der Waals surface area contributed by atoms with Crippen LogP contribution in [0.3, 0.4) is 0 Å². The van der Waals surface area contributed by atoms with Gasteiger partial charge in [-0.05, 0) is 68.1 Å². The van der Waals surface area contributed by atoms with Gasteiger partial charge >= 0.3 is 5.97 Å². The molecule has 0 saturated carbocycles. The van der Waals surface area contributed by atoms with Crippen LogP contribution in [0, 0.1) is 0 Å². The number of nitrogens with zero attached hydrogens (tertiary/aromatic N) is 2. The van der Waals surface area contributed by atoms with Crippen molar-refractivity contribution in [3.8, 4) is 16.3 Å². The first-order valence-electron chi connectivity index (χ1n) is 14.6. The summed E-state index contributed by atoms with van der Waals surface area (Å²) < 4.78 is 0. The average molecular weight is 612 g/mol. The first-order valence-corrected chi connectivity index (χ1v) is 15.5. The van der Waals surface area contributed by atoms with Crippen molar-refractivity contribution in [2.24, 2.45) is 0 Å². The van der Waals surface area contributed by atoms with Crippen molar-refractivity contribution in [3.05, 3.63) is 112 Å². The molecular formula is C35H37N3O5S. The molecule has 0 spiro atoms. The Labute approximate surface area is 261 Å². The van der Waals surface area contributed by atoms with E-state index in [0.29, 0.717) is 23.5 Å². The molecule has 8 nitrogen and oxygen atoms in total. The Bertz CT molecular complexity index is 1640. The number of carboxylic acid groups (broad SMARTS) is 1. The van der Waals surface area contributed by atoms with Crippen LogP contribution in [-0.2, 0) is 24.3 Å². The summed E-state index contributed by atoms with van der Waals surface area (Å²) in [5, 5.41) is 24.9. The van der Waals surface area contributed by atoms with Crippen molar-refractivity contribution in [1.29, 1.82) is 0 Å². The number of amides is 2. The van der Waals surface area contributed by atoms with Gasteiger partial charge in [0.2, 0.25) is 0 Å². The molecule has 0 saturated heterocycles. The van der Waals surface area contributed by atoms with Gasteiger partial charge in [0, 0.05) is 34.8 Å². The van der Waals surface area contributed by atoms with Crippen LogP contribution in [-0.4, -0.2) is 33.0 Å². The van der Waals surface area contributed by atoms with Crippen molar-refractivity contribution in [3.63, 3.8) is 0 Å². The van der Waals surface area contributed by atoms with E-state index in [-0.39, 0.29) is 29.7 Å². The minimum absolute atomic E-state index is 0.100. The summed E-state index contributed by atoms with van der Waals surface area (Å²) in [4.78, 5) is 43.6. The zero-order valence-corrected chi connectivity index (χ0v) is 26.0. The Morgan fingerprint density at radius 1 is 0.955 bits per heavy atom. The zero-order valence-electron chi connectivity index (χ0n) is 25.2. The molecule has 0 bridgehead atoms. The summed E-state index contributed by atoms with van der Waals surface area (Å²) in [6, 6.07) is 19.6. The molecule has 0 aliphatic carbocycles. The fraction of sp³-hybridized carbons (Fsp3) is 0.257. The molecule has 44 heavy (non-hydrogen) atoms. The number of benzene rings is 3. The van der Waals surface area contributed by atoms with Gasteiger partial charge in [0.25, 0.3) is 11.8 Å². The lowest BCUT2D eigenvalue weighted by Gasteiger charge is -2.21. The van der Waals surface area contributed by atoms with E-state index < -0.39 is 5.97 Å². The fourth-order valence-electron chi connectivity index (χ4n) is 4.61. The first-order chi connectivity index (χ1) is 21.1. The normalized spacial score (nSPS) is 10.7. The Morgan fingerprint density at radius 3 is 2.32 bits per heavy atom. The molecule has 3 N–H and O–H groups in total. The predicted molar refractivity (Wildman–Crippen MR) is 174 cm³/mol. The summed E-state index contributed by atoms with van der Waals surface area (Å²) in [5.74, 6) is -2.17. The molecule has 0 unspecified atom stereocenters. The smallest absolute Gasteiger partial charge is 0.339 e. The fourth-order valence-corrected chi connectivity index (χ4v) is 5.43. The number of phenols is 1. The number of aromatic nitrogens is 1. The number of unbranched alkanes of at least 4 members (excludes halogenated alkanes) is 2. The molecule has 0 radical (unpaired) electrons. The summed E-state index contributed by atoms with van der Waals surface area (Å²) in [5.41, 5.74) is 5.17. The van der Waals surface area contributed by atoms with Crippen LogP contribution in [0.25, 0.3) is 10.6 Å². The second-order valence-corrected chi connectivity index (χ2v) is 11.7. The molecule has 4 aromatic rings. The van der Waals surface area contributed by atoms with Crippen LogP contribution in [0.4, 0.5) is 5.69 Å². The lowest BCUT2D eigenvalue weighted by Crippen LogP contribution is -2.29. The number of aryl methyl sites for hydroxylation is 1. The highest BCUT2D eigenvalue weighted by molar-refractivity contribution is 7.13. The van der Waals surface area contributed by atoms with Crippen molar-refractivity contribution in [2.45, 2.75) is 59.5 Å². The van der Waals surface area contributed by atoms with Crippen molar-refractivity contribution < 1.29 is 24.6 Å². The number of hydrogen-bond acceptors (Lipinski definition) is 6. The van der Waals surface area contributed by atoms with Crippen molar-refractivity contribution in [2.75, 3.05) is 4.90 Å². The number of aromatic hydroxyl groups is 1. The highest BCUT2D eigenvalue weighted by Gasteiger charge is 2.20. The monoisotopic (exact) mass is 611 g/mol. The topological polar surface area (TPSA) is 120 Å². The highest BCUT2D eigenvalue weighted by atomic mass is 32.1. The molecule has 3 aromatic carbocycles. The minimum Gasteiger partial charge on any atom is -0.507 e. The van der Waals surface area contributed by atoms with Crippen LogP contribution in [0.2, 0.25) is 0 Å². The van der Waals surface area contributed by atoms with Crippen LogP contribution >= 0.6 is 11.3 Å². The summed E-state index contributed by atoms with van der Waals surface area (Å²) >= 11 is 1.41. The molecular weight excluding hydrogens is 574 g/mol. The Kier molecular flexibility index (Phi) is 11.0. The molecule has 228 valence electrons. The lowest BCUT2D eigenvalue weighted by molar-refractivity contribution is -0.114. The number of allylic oxidation sites excluding steroid dienone is 1. The Morgan fingerprint density at radius 2 is 1.66 bits per heavy atom. The van der Waals surface area contributed by atoms with Crippen molar-refractivity contribution in [1.82, 2.24) is 10.3 Å². The number of rotatable bonds is 13. The Balaban J connectivity index is 1.42. The van der Waals surface area contributed by atoms with E-state index in [2.05, 4.69) is 36.5 Å². The van der Waals surface area contributed by atoms with E-state index in [1.165, 1.54) is 65.3 Å². The predicted octanol–water partition coefficient (Wildman–Crippen LogP) is 7.38. The maximum Gasteiger partial charge on any atom is 0.339 e. The van der Waals surface area contributed by atoms with E-state index in [1.807, 2.05) is 17.5 Å². The van der Waals surface area contributed by atoms with Gasteiger partial charge in [-0.2, -0.15) is 0 Å². The number of carbonyl (C=O) groups excluding carboxylic acids is 2. The quantitative estimate of drug-likeness (QED) is 0.107. The van der Waals surface area contributed by atoms with Gasteiger partial charge in [-0.15, -0.1) is 11.3 Å². The molecule has 0 aliphatic rings. The number of carbonyl (C=O) groups is 3. The van der Waals surface area contributed by atoms with E-state index in [4.69, 9.17) is 4.98 Å². The second kappa shape index (κ2) is 15.1. The lowest BCUT2D eigenvalue weighted by atomic mass is 10.1. The van der Waals surface area contributed by atoms with Crippen LogP contribution in [0.1, 0.15) is 77.6 Å². The largest absolute Gasteiger partial charge is 0.507 e. The number of anilines is 1. The van der Waals surface area contributed by atoms with Crippen LogP contribution in [0.15, 0.2) is 83.8 Å². The highest BCUT2D eigenvalue weighted by Crippen LogP contribution is 2.29. The molecule has 4 rings (SSSR count). The number of hydrogen-bond donors (Lipinski definition) is 3. The van der Waals surface area contributed by atoms with E-state index in [0.717, 1.165) is 28.1 Å². The average Bonchev–Trinajstić information content (AvgIpc) is 3.48. The van der Waals surface area contributed by atoms with Crippen LogP contribution < -0.4 is 10.2 Å². The van der Waals surface area contributed by atoms with Gasteiger partial charge in [-0.25, -0.2) is 9.78 Å². The van der Waals surface area contributed by atoms with E-state index >= 15 is 0 Å². The van der Waals surface area contributed by atoms with Gasteiger partial charge in [0.05, 0.1) is 12.2 Å². The zero-order chi connectivity index (χ0) is 31.6. The third kappa shape index (κ3) is 8.64. The van der Waals surface area contributed by atoms with E-state index in [1.54, 1.807) is 26.0 Å². The maximum absolute atomic E-state index is 13.1. The molecule has 0 fully saturated rings. The molecule has 1 aromatic heterocycles. The number of aromatic carboxylic acids is 1. The van der Waals surface area contributed by atoms with Gasteiger partial charge in [-0.1, -0.05) is 61.7 Å². The van der Waals surface area contributed by atoms with Crippen molar-refractivity contribution >= 4 is 34.8 Å². The SMILES string of the molecule is CCCCCc1ccc(CNC(=O)c2ccc(-c3nc(CN(C(=O)C=C(C)C)c4ccc(O)c(C(=O)O)c4)cs3)cc2)cc1. The van der Waals surface area contributed by atoms with Gasteiger partial charge in [-0.3, -0.25) is 9.59 Å². The van der Waals surface area contributed by atoms with Gasteiger partial charge in [0.15, 0.2) is 0 Å². The standard InChI is InChI=1S/C35H37N3O5S/c1-4-5-6-7-24-8-10-25(11-9-24)20-36-33(41)26-12-14-27(15-13-26)34-37-28(22-44-34)21-38(32(40)18-23(2)3)29-16-17-31(39)30(19-29)35(42)43/h8-19,22,39H,4-7,20-21H2,1-3H3,(H,36,41)(H,42,43). The molecule has 9 heteroatoms. The number of nitrogens with one attached hydrogen (secondary N) is 1. The summed E-state index contributed by atoms with van der Waals surface area (Å²) in [6.07, 6.45) is 6.16. The summed E-state index contributed by atoms with van der Waals surface area (Å²) in [6.45, 7) is 6.34. The molecule has 0 atom stereocenters. The molecule has 2 amide bonds. The molecule has 0 aliphatic heterocycles. The van der Waals surface area contributed by atoms with E-state index in [9.17, 15) is 24.6 Å². The minimum atomic E-state index is -1.29. The third-order valence-electron chi connectivity index (χ3n) is 7.01. The van der Waals surface area contributed by atoms with Gasteiger partial charge < -0.3 is 20.4 Å². The molecule has 1 heterocycles. The Hall–Kier alpha value is -4.76. The van der Waals surface area contributed by atoms with Gasteiger partial charge in [0.1, 0.15) is 16.3 Å².